The van der Waals surface area contributed by atoms with E-state index in [1.807, 2.05) is 18.2 Å². The average molecular weight is 371 g/mol. The van der Waals surface area contributed by atoms with Gasteiger partial charge in [-0.3, -0.25) is 4.79 Å². The van der Waals surface area contributed by atoms with Gasteiger partial charge in [-0.2, -0.15) is 0 Å². The van der Waals surface area contributed by atoms with Gasteiger partial charge in [0.25, 0.3) is 0 Å². The average Bonchev–Trinajstić information content (AvgIpc) is 2.08. The topological polar surface area (TPSA) is 17.1 Å². The molecule has 0 bridgehead atoms. The number of hydrogen-bond donors (Lipinski definition) is 0. The van der Waals surface area contributed by atoms with E-state index in [1.165, 1.54) is 0 Å². The van der Waals surface area contributed by atoms with E-state index < -0.39 is 0 Å². The Morgan fingerprint density at radius 2 is 2.00 bits per heavy atom. The molecule has 1 rings (SSSR count). The van der Waals surface area contributed by atoms with Crippen molar-refractivity contribution in [3.8, 4) is 0 Å². The van der Waals surface area contributed by atoms with Crippen molar-refractivity contribution in [3.63, 3.8) is 0 Å². The highest BCUT2D eigenvalue weighted by Crippen LogP contribution is 2.34. The zero-order chi connectivity index (χ0) is 10.0. The van der Waals surface area contributed by atoms with Crippen LogP contribution in [0.2, 0.25) is 0 Å². The van der Waals surface area contributed by atoms with Crippen LogP contribution in [0.25, 0.3) is 0 Å². The van der Waals surface area contributed by atoms with Gasteiger partial charge in [0, 0.05) is 8.95 Å². The summed E-state index contributed by atoms with van der Waals surface area (Å²) in [5, 5.41) is 0. The first-order valence-electron chi connectivity index (χ1n) is 3.62. The van der Waals surface area contributed by atoms with Crippen molar-refractivity contribution in [2.24, 2.45) is 0 Å². The van der Waals surface area contributed by atoms with Crippen LogP contribution in [0.4, 0.5) is 0 Å². The largest absolute Gasteiger partial charge is 0.298 e. The standard InChI is InChI=1S/C9H7Br3O/c1-5(13)8(11)6-3-2-4-7(10)9(6)12/h2-4,8H,1H3. The minimum atomic E-state index is -0.237. The third-order valence-corrected chi connectivity index (χ3v) is 4.83. The second-order valence-electron chi connectivity index (χ2n) is 2.62. The van der Waals surface area contributed by atoms with Gasteiger partial charge in [-0.25, -0.2) is 0 Å². The molecule has 0 saturated carbocycles. The Morgan fingerprint density at radius 3 is 2.54 bits per heavy atom. The number of Topliss-reactive ketones (excluding diaryl/α,β-unsaturated/α-hetero) is 1. The normalized spacial score (nSPS) is 12.6. The monoisotopic (exact) mass is 368 g/mol. The van der Waals surface area contributed by atoms with Crippen molar-refractivity contribution < 1.29 is 4.79 Å². The molecule has 0 spiro atoms. The van der Waals surface area contributed by atoms with Crippen LogP contribution < -0.4 is 0 Å². The van der Waals surface area contributed by atoms with Crippen LogP contribution in [0.3, 0.4) is 0 Å². The van der Waals surface area contributed by atoms with Gasteiger partial charge in [-0.05, 0) is 50.4 Å². The molecular formula is C9H7Br3O. The van der Waals surface area contributed by atoms with Crippen LogP contribution in [-0.4, -0.2) is 5.78 Å². The molecule has 13 heavy (non-hydrogen) atoms. The van der Waals surface area contributed by atoms with Crippen LogP contribution in [0.5, 0.6) is 0 Å². The minimum Gasteiger partial charge on any atom is -0.298 e. The molecule has 1 unspecified atom stereocenters. The molecule has 1 nitrogen and oxygen atoms in total. The van der Waals surface area contributed by atoms with Crippen molar-refractivity contribution in [2.75, 3.05) is 0 Å². The summed E-state index contributed by atoms with van der Waals surface area (Å²) >= 11 is 10.1. The van der Waals surface area contributed by atoms with Gasteiger partial charge in [0.15, 0.2) is 0 Å². The predicted molar refractivity (Wildman–Crippen MR) is 64.2 cm³/mol. The van der Waals surface area contributed by atoms with Crippen molar-refractivity contribution in [2.45, 2.75) is 11.8 Å². The number of carbonyl (C=O) groups is 1. The molecule has 0 saturated heterocycles. The molecule has 0 amide bonds. The number of rotatable bonds is 2. The van der Waals surface area contributed by atoms with E-state index in [-0.39, 0.29) is 10.6 Å². The second kappa shape index (κ2) is 4.71. The maximum absolute atomic E-state index is 11.1. The maximum atomic E-state index is 11.1. The van der Waals surface area contributed by atoms with Gasteiger partial charge in [0.2, 0.25) is 0 Å². The lowest BCUT2D eigenvalue weighted by atomic mass is 10.1. The number of ketones is 1. The molecule has 0 fully saturated rings. The molecular weight excluding hydrogens is 364 g/mol. The van der Waals surface area contributed by atoms with Crippen LogP contribution in [-0.2, 0) is 4.79 Å². The van der Waals surface area contributed by atoms with E-state index in [4.69, 9.17) is 0 Å². The first kappa shape index (κ1) is 11.4. The molecule has 1 aromatic carbocycles. The second-order valence-corrected chi connectivity index (χ2v) is 5.18. The van der Waals surface area contributed by atoms with Crippen molar-refractivity contribution >= 4 is 53.6 Å². The SMILES string of the molecule is CC(=O)C(Br)c1cccc(Br)c1Br. The first-order valence-corrected chi connectivity index (χ1v) is 6.12. The highest BCUT2D eigenvalue weighted by molar-refractivity contribution is 9.13. The number of carbonyl (C=O) groups excluding carboxylic acids is 1. The van der Waals surface area contributed by atoms with Crippen molar-refractivity contribution in [1.29, 1.82) is 0 Å². The van der Waals surface area contributed by atoms with Crippen LogP contribution in [0, 0.1) is 0 Å². The fourth-order valence-corrected chi connectivity index (χ4v) is 2.50. The van der Waals surface area contributed by atoms with Crippen molar-refractivity contribution in [1.82, 2.24) is 0 Å². The van der Waals surface area contributed by atoms with E-state index in [0.717, 1.165) is 14.5 Å². The third kappa shape index (κ3) is 2.64. The summed E-state index contributed by atoms with van der Waals surface area (Å²) < 4.78 is 1.88. The molecule has 0 aliphatic carbocycles. The minimum absolute atomic E-state index is 0.0961. The summed E-state index contributed by atoms with van der Waals surface area (Å²) in [4.78, 5) is 10.9. The summed E-state index contributed by atoms with van der Waals surface area (Å²) in [5.41, 5.74) is 0.946. The Balaban J connectivity index is 3.15. The Bertz CT molecular complexity index is 336. The summed E-state index contributed by atoms with van der Waals surface area (Å²) in [7, 11) is 0. The molecule has 0 N–H and O–H groups in total. The molecule has 0 aliphatic rings. The smallest absolute Gasteiger partial charge is 0.147 e. The van der Waals surface area contributed by atoms with Crippen LogP contribution >= 0.6 is 47.8 Å². The zero-order valence-electron chi connectivity index (χ0n) is 6.85. The van der Waals surface area contributed by atoms with Gasteiger partial charge in [-0.1, -0.05) is 28.1 Å². The van der Waals surface area contributed by atoms with E-state index >= 15 is 0 Å². The fourth-order valence-electron chi connectivity index (χ4n) is 0.935. The number of alkyl halides is 1. The molecule has 70 valence electrons. The molecule has 0 aromatic heterocycles. The highest BCUT2D eigenvalue weighted by atomic mass is 79.9. The maximum Gasteiger partial charge on any atom is 0.147 e. The van der Waals surface area contributed by atoms with Crippen LogP contribution in [0.15, 0.2) is 27.1 Å². The quantitative estimate of drug-likeness (QED) is 0.712. The van der Waals surface area contributed by atoms with E-state index in [2.05, 4.69) is 47.8 Å². The van der Waals surface area contributed by atoms with Gasteiger partial charge >= 0.3 is 0 Å². The highest BCUT2D eigenvalue weighted by Gasteiger charge is 2.16. The van der Waals surface area contributed by atoms with Gasteiger partial charge < -0.3 is 0 Å². The van der Waals surface area contributed by atoms with Crippen molar-refractivity contribution in [3.05, 3.63) is 32.7 Å². The summed E-state index contributed by atoms with van der Waals surface area (Å²) in [5.74, 6) is 0.0961. The van der Waals surface area contributed by atoms with Gasteiger partial charge in [-0.15, -0.1) is 0 Å². The number of hydrogen-bond acceptors (Lipinski definition) is 1. The molecule has 4 heteroatoms. The predicted octanol–water partition coefficient (Wildman–Crippen LogP) is 4.24. The summed E-state index contributed by atoms with van der Waals surface area (Å²) in [6.45, 7) is 1.56. The lowest BCUT2D eigenvalue weighted by Gasteiger charge is -2.09. The van der Waals surface area contributed by atoms with Gasteiger partial charge in [0.1, 0.15) is 5.78 Å². The molecule has 0 radical (unpaired) electrons. The Labute approximate surface area is 102 Å². The zero-order valence-corrected chi connectivity index (χ0v) is 11.6. The van der Waals surface area contributed by atoms with Crippen LogP contribution in [0.1, 0.15) is 17.3 Å². The van der Waals surface area contributed by atoms with E-state index in [9.17, 15) is 4.79 Å². The summed E-state index contributed by atoms with van der Waals surface area (Å²) in [6, 6.07) is 5.74. The lowest BCUT2D eigenvalue weighted by Crippen LogP contribution is -2.01. The summed E-state index contributed by atoms with van der Waals surface area (Å²) in [6.07, 6.45) is 0. The van der Waals surface area contributed by atoms with Gasteiger partial charge in [0.05, 0.1) is 4.83 Å². The first-order chi connectivity index (χ1) is 6.04. The third-order valence-electron chi connectivity index (χ3n) is 1.61. The number of halogens is 3. The fraction of sp³-hybridized carbons (Fsp3) is 0.222. The lowest BCUT2D eigenvalue weighted by molar-refractivity contribution is -0.116. The molecule has 0 heterocycles. The van der Waals surface area contributed by atoms with E-state index in [0.29, 0.717) is 0 Å². The Kier molecular flexibility index (Phi) is 4.13. The molecule has 1 aromatic rings. The number of benzene rings is 1. The molecule has 0 aliphatic heterocycles. The molecule has 1 atom stereocenters. The Morgan fingerprint density at radius 1 is 1.38 bits per heavy atom. The Hall–Kier alpha value is 0.330. The van der Waals surface area contributed by atoms with E-state index in [1.54, 1.807) is 6.92 Å².